The quantitative estimate of drug-likeness (QED) is 0.184. The van der Waals surface area contributed by atoms with E-state index in [1.807, 2.05) is 4.72 Å². The van der Waals surface area contributed by atoms with E-state index in [1.165, 1.54) is 7.11 Å². The Morgan fingerprint density at radius 2 is 1.63 bits per heavy atom. The zero-order valence-corrected chi connectivity index (χ0v) is 22.9. The van der Waals surface area contributed by atoms with Crippen LogP contribution in [-0.4, -0.2) is 79.7 Å². The molecule has 0 aliphatic carbocycles. The molecule has 0 aliphatic rings. The molecule has 5 N–H and O–H groups in total. The number of aliphatic hydroxyl groups excluding tert-OH is 2. The highest BCUT2D eigenvalue weighted by molar-refractivity contribution is 7.91. The SMILES string of the molecule is COCC[C@@H](NC(=O)c1ccccc1)[C@@H](O)[C@H](O)[C@H](Cc1cc(F)cc(F)c1)NC(=O)c1coc(NS(C)(=O)=O)n1.[HH].[HH]. The normalized spacial score (nSPS) is 14.5. The molecule has 4 atom stereocenters. The molecule has 0 unspecified atom stereocenters. The van der Waals surface area contributed by atoms with Crippen molar-refractivity contribution in [1.82, 2.24) is 15.6 Å². The predicted molar refractivity (Wildman–Crippen MR) is 147 cm³/mol. The van der Waals surface area contributed by atoms with Crippen LogP contribution in [0, 0.1) is 11.6 Å². The maximum atomic E-state index is 13.9. The van der Waals surface area contributed by atoms with Gasteiger partial charge < -0.3 is 30.0 Å². The molecule has 0 saturated carbocycles. The molecule has 0 fully saturated rings. The van der Waals surface area contributed by atoms with E-state index in [1.54, 1.807) is 30.3 Å². The number of rotatable bonds is 14. The average Bonchev–Trinajstić information content (AvgIpc) is 3.36. The van der Waals surface area contributed by atoms with Crippen molar-refractivity contribution < 1.29 is 49.0 Å². The minimum atomic E-state index is -3.76. The van der Waals surface area contributed by atoms with Crippen molar-refractivity contribution in [3.8, 4) is 0 Å². The summed E-state index contributed by atoms with van der Waals surface area (Å²) in [6.07, 6.45) is -2.07. The molecule has 3 rings (SSSR count). The number of halogens is 2. The number of benzene rings is 2. The van der Waals surface area contributed by atoms with Gasteiger partial charge in [0.25, 0.3) is 11.8 Å². The maximum Gasteiger partial charge on any atom is 0.309 e. The van der Waals surface area contributed by atoms with Gasteiger partial charge in [0.05, 0.1) is 18.3 Å². The lowest BCUT2D eigenvalue weighted by atomic mass is 9.92. The van der Waals surface area contributed by atoms with Crippen molar-refractivity contribution in [2.24, 2.45) is 0 Å². The number of carbonyl (C=O) groups is 2. The standard InChI is InChI=1S/C26H30F2N4O8S.2H2/c1-39-9-8-19(29-24(35)16-6-4-3-5-7-16)22(33)23(34)20(12-15-10-17(27)13-18(28)11-15)30-25(36)21-14-40-26(31-21)32-41(2,37)38;;/h3-7,10-11,13-14,19-20,22-23,33-34H,8-9,12H2,1-2H3,(H,29,35)(H,30,36)(H,31,32);2*1H/t19-,20+,22-,23-;;/m1../s1. The van der Waals surface area contributed by atoms with E-state index in [0.717, 1.165) is 24.7 Å². The second-order valence-corrected chi connectivity index (χ2v) is 10.9. The number of amides is 2. The molecule has 0 aliphatic heterocycles. The number of nitrogens with zero attached hydrogens (tertiary/aromatic N) is 1. The molecule has 3 aromatic rings. The van der Waals surface area contributed by atoms with Crippen LogP contribution in [0.4, 0.5) is 14.8 Å². The Morgan fingerprint density at radius 3 is 2.24 bits per heavy atom. The Hall–Kier alpha value is -3.92. The number of nitrogens with one attached hydrogen (secondary N) is 3. The molecular formula is C26H34F2N4O8S. The van der Waals surface area contributed by atoms with Crippen LogP contribution in [0.5, 0.6) is 0 Å². The van der Waals surface area contributed by atoms with Crippen LogP contribution in [0.3, 0.4) is 0 Å². The molecule has 226 valence electrons. The first-order chi connectivity index (χ1) is 19.4. The molecule has 15 heteroatoms. The fourth-order valence-electron chi connectivity index (χ4n) is 3.96. The molecule has 41 heavy (non-hydrogen) atoms. The summed E-state index contributed by atoms with van der Waals surface area (Å²) < 4.78 is 62.6. The Morgan fingerprint density at radius 1 is 1.02 bits per heavy atom. The van der Waals surface area contributed by atoms with Gasteiger partial charge in [-0.1, -0.05) is 18.2 Å². The Bertz CT molecular complexity index is 1430. The number of methoxy groups -OCH3 is 1. The van der Waals surface area contributed by atoms with E-state index < -0.39 is 63.8 Å². The van der Waals surface area contributed by atoms with Crippen LogP contribution >= 0.6 is 0 Å². The summed E-state index contributed by atoms with van der Waals surface area (Å²) in [5.41, 5.74) is -0.0526. The molecule has 0 bridgehead atoms. The van der Waals surface area contributed by atoms with Crippen LogP contribution in [0.15, 0.2) is 59.2 Å². The zero-order chi connectivity index (χ0) is 30.2. The second-order valence-electron chi connectivity index (χ2n) is 9.18. The summed E-state index contributed by atoms with van der Waals surface area (Å²) in [4.78, 5) is 29.5. The number of hydrogen-bond donors (Lipinski definition) is 5. The average molecular weight is 601 g/mol. The van der Waals surface area contributed by atoms with Gasteiger partial charge in [0.2, 0.25) is 10.0 Å². The maximum absolute atomic E-state index is 13.9. The largest absolute Gasteiger partial charge is 0.431 e. The first kappa shape index (κ1) is 31.6. The van der Waals surface area contributed by atoms with Crippen LogP contribution < -0.4 is 15.4 Å². The number of anilines is 1. The van der Waals surface area contributed by atoms with Crippen LogP contribution in [-0.2, 0) is 21.2 Å². The van der Waals surface area contributed by atoms with Gasteiger partial charge in [-0.05, 0) is 42.7 Å². The first-order valence-electron chi connectivity index (χ1n) is 12.3. The number of aromatic nitrogens is 1. The summed E-state index contributed by atoms with van der Waals surface area (Å²) in [5.74, 6) is -3.30. The lowest BCUT2D eigenvalue weighted by molar-refractivity contribution is -0.0269. The second kappa shape index (κ2) is 14.1. The highest BCUT2D eigenvalue weighted by Gasteiger charge is 2.35. The number of ether oxygens (including phenoxy) is 1. The smallest absolute Gasteiger partial charge is 0.309 e. The van der Waals surface area contributed by atoms with Crippen LogP contribution in [0.25, 0.3) is 0 Å². The summed E-state index contributed by atoms with van der Waals surface area (Å²) in [7, 11) is -2.35. The van der Waals surface area contributed by atoms with E-state index >= 15 is 0 Å². The monoisotopic (exact) mass is 600 g/mol. The third-order valence-electron chi connectivity index (χ3n) is 5.86. The van der Waals surface area contributed by atoms with E-state index in [0.29, 0.717) is 11.6 Å². The summed E-state index contributed by atoms with van der Waals surface area (Å²) in [6.45, 7) is 0.0880. The van der Waals surface area contributed by atoms with E-state index in [9.17, 15) is 37.0 Å². The zero-order valence-electron chi connectivity index (χ0n) is 22.1. The van der Waals surface area contributed by atoms with Crippen LogP contribution in [0.1, 0.15) is 35.7 Å². The summed E-state index contributed by atoms with van der Waals surface area (Å²) in [5, 5.41) is 27.4. The van der Waals surface area contributed by atoms with E-state index in [2.05, 4.69) is 15.6 Å². The van der Waals surface area contributed by atoms with Crippen molar-refractivity contribution in [3.05, 3.63) is 83.2 Å². The Kier molecular flexibility index (Phi) is 10.9. The number of aliphatic hydroxyl groups is 2. The summed E-state index contributed by atoms with van der Waals surface area (Å²) in [6, 6.07) is 7.81. The number of oxazole rings is 1. The van der Waals surface area contributed by atoms with Crippen LogP contribution in [0.2, 0.25) is 0 Å². The minimum absolute atomic E-state index is 0. The third kappa shape index (κ3) is 9.60. The van der Waals surface area contributed by atoms with E-state index in [4.69, 9.17) is 9.15 Å². The fourth-order valence-corrected chi connectivity index (χ4v) is 4.37. The van der Waals surface area contributed by atoms with Gasteiger partial charge in [0.1, 0.15) is 30.1 Å². The Balaban J connectivity index is 0.00000462. The molecule has 12 nitrogen and oxygen atoms in total. The molecule has 2 aromatic carbocycles. The molecule has 0 spiro atoms. The van der Waals surface area contributed by atoms with E-state index in [-0.39, 0.29) is 33.6 Å². The first-order valence-corrected chi connectivity index (χ1v) is 14.2. The highest BCUT2D eigenvalue weighted by Crippen LogP contribution is 2.17. The fraction of sp³-hybridized carbons (Fsp3) is 0.346. The lowest BCUT2D eigenvalue weighted by Crippen LogP contribution is -2.57. The Labute approximate surface area is 237 Å². The van der Waals surface area contributed by atoms with Gasteiger partial charge in [-0.3, -0.25) is 9.59 Å². The van der Waals surface area contributed by atoms with Gasteiger partial charge in [-0.2, -0.15) is 4.98 Å². The molecule has 1 aromatic heterocycles. The molecular weight excluding hydrogens is 566 g/mol. The lowest BCUT2D eigenvalue weighted by Gasteiger charge is -2.33. The summed E-state index contributed by atoms with van der Waals surface area (Å²) >= 11 is 0. The predicted octanol–water partition coefficient (Wildman–Crippen LogP) is 1.71. The number of sulfonamides is 1. The van der Waals surface area contributed by atoms with Crippen molar-refractivity contribution in [2.75, 3.05) is 24.7 Å². The van der Waals surface area contributed by atoms with Gasteiger partial charge in [0.15, 0.2) is 5.69 Å². The van der Waals surface area contributed by atoms with Gasteiger partial charge >= 0.3 is 6.01 Å². The number of hydrogen-bond acceptors (Lipinski definition) is 9. The third-order valence-corrected chi connectivity index (χ3v) is 6.41. The number of carbonyl (C=O) groups excluding carboxylic acids is 2. The van der Waals surface area contributed by atoms with Crippen molar-refractivity contribution in [1.29, 1.82) is 0 Å². The molecule has 2 amide bonds. The van der Waals surface area contributed by atoms with Gasteiger partial charge in [0, 0.05) is 28.2 Å². The van der Waals surface area contributed by atoms with Gasteiger partial charge in [-0.15, -0.1) is 0 Å². The minimum Gasteiger partial charge on any atom is -0.431 e. The molecule has 0 radical (unpaired) electrons. The van der Waals surface area contributed by atoms with Crippen molar-refractivity contribution in [2.45, 2.75) is 37.1 Å². The van der Waals surface area contributed by atoms with Crippen molar-refractivity contribution >= 4 is 27.9 Å². The topological polar surface area (TPSA) is 180 Å². The van der Waals surface area contributed by atoms with Crippen molar-refractivity contribution in [3.63, 3.8) is 0 Å². The highest BCUT2D eigenvalue weighted by atomic mass is 32.2. The van der Waals surface area contributed by atoms with Gasteiger partial charge in [-0.25, -0.2) is 21.9 Å². The molecule has 0 saturated heterocycles. The molecule has 1 heterocycles.